The van der Waals surface area contributed by atoms with Gasteiger partial charge in [-0.2, -0.15) is 12.6 Å². The minimum absolute atomic E-state index is 0.765. The van der Waals surface area contributed by atoms with E-state index in [1.165, 1.54) is 5.56 Å². The van der Waals surface area contributed by atoms with Crippen LogP contribution in [0, 0.1) is 18.8 Å². The van der Waals surface area contributed by atoms with Crippen molar-refractivity contribution >= 4 is 18.3 Å². The van der Waals surface area contributed by atoms with Crippen molar-refractivity contribution in [3.05, 3.63) is 29.3 Å². The number of hydrogen-bond donors (Lipinski definition) is 2. The van der Waals surface area contributed by atoms with Crippen LogP contribution < -0.4 is 5.73 Å². The van der Waals surface area contributed by atoms with Crippen LogP contribution >= 0.6 is 12.6 Å². The molecule has 0 aliphatic carbocycles. The third-order valence-electron chi connectivity index (χ3n) is 1.72. The Morgan fingerprint density at radius 2 is 2.23 bits per heavy atom. The summed E-state index contributed by atoms with van der Waals surface area (Å²) in [4.78, 5) is 0. The summed E-state index contributed by atoms with van der Waals surface area (Å²) in [6.45, 7) is 2.03. The number of benzene rings is 1. The molecule has 2 N–H and O–H groups in total. The fraction of sp³-hybridized carbons (Fsp3) is 0.273. The molecule has 0 bridgehead atoms. The molecular weight excluding hydrogens is 178 g/mol. The first-order valence-corrected chi connectivity index (χ1v) is 4.83. The van der Waals surface area contributed by atoms with E-state index >= 15 is 0 Å². The maximum atomic E-state index is 5.65. The Kier molecular flexibility index (Phi) is 3.72. The first-order chi connectivity index (χ1) is 6.24. The van der Waals surface area contributed by atoms with Crippen LogP contribution in [-0.2, 0) is 0 Å². The Morgan fingerprint density at radius 3 is 2.92 bits per heavy atom. The van der Waals surface area contributed by atoms with Gasteiger partial charge in [0.05, 0.1) is 0 Å². The normalized spacial score (nSPS) is 9.08. The molecule has 0 fully saturated rings. The molecular formula is C11H13NS. The van der Waals surface area contributed by atoms with E-state index in [-0.39, 0.29) is 0 Å². The van der Waals surface area contributed by atoms with Gasteiger partial charge in [0.2, 0.25) is 0 Å². The van der Waals surface area contributed by atoms with E-state index in [4.69, 9.17) is 5.73 Å². The smallest absolute Gasteiger partial charge is 0.0326 e. The van der Waals surface area contributed by atoms with Crippen molar-refractivity contribution in [1.29, 1.82) is 0 Å². The molecule has 1 aromatic rings. The molecule has 0 saturated heterocycles. The van der Waals surface area contributed by atoms with Crippen molar-refractivity contribution < 1.29 is 0 Å². The number of aryl methyl sites for hydroxylation is 1. The van der Waals surface area contributed by atoms with Crippen LogP contribution in [-0.4, -0.2) is 5.75 Å². The minimum atomic E-state index is 0.765. The highest BCUT2D eigenvalue weighted by atomic mass is 32.1. The molecule has 0 heterocycles. The monoisotopic (exact) mass is 191 g/mol. The van der Waals surface area contributed by atoms with Gasteiger partial charge in [0.15, 0.2) is 0 Å². The minimum Gasteiger partial charge on any atom is -0.399 e. The van der Waals surface area contributed by atoms with Gasteiger partial charge >= 0.3 is 0 Å². The Bertz CT molecular complexity index is 347. The Labute approximate surface area is 84.8 Å². The van der Waals surface area contributed by atoms with Crippen LogP contribution in [0.15, 0.2) is 18.2 Å². The van der Waals surface area contributed by atoms with Crippen LogP contribution in [0.3, 0.4) is 0 Å². The van der Waals surface area contributed by atoms with Gasteiger partial charge in [0, 0.05) is 23.4 Å². The lowest BCUT2D eigenvalue weighted by Crippen LogP contribution is -1.88. The van der Waals surface area contributed by atoms with Crippen LogP contribution in [0.5, 0.6) is 0 Å². The molecule has 0 aromatic heterocycles. The van der Waals surface area contributed by atoms with Gasteiger partial charge in [0.25, 0.3) is 0 Å². The highest BCUT2D eigenvalue weighted by Gasteiger charge is 1.93. The van der Waals surface area contributed by atoms with Gasteiger partial charge in [0.1, 0.15) is 0 Å². The molecule has 1 nitrogen and oxygen atoms in total. The molecule has 0 saturated carbocycles. The number of nitrogens with two attached hydrogens (primary N) is 1. The molecule has 68 valence electrons. The van der Waals surface area contributed by atoms with E-state index in [0.717, 1.165) is 23.4 Å². The molecule has 0 aliphatic heterocycles. The molecule has 0 aliphatic rings. The zero-order valence-corrected chi connectivity index (χ0v) is 8.57. The van der Waals surface area contributed by atoms with Crippen molar-refractivity contribution in [2.24, 2.45) is 0 Å². The SMILES string of the molecule is Cc1ccc(N)cc1C#CCCS. The van der Waals surface area contributed by atoms with Crippen molar-refractivity contribution in [3.8, 4) is 11.8 Å². The van der Waals surface area contributed by atoms with Gasteiger partial charge in [-0.05, 0) is 24.6 Å². The van der Waals surface area contributed by atoms with Gasteiger partial charge in [-0.15, -0.1) is 0 Å². The highest BCUT2D eigenvalue weighted by Crippen LogP contribution is 2.10. The molecule has 0 radical (unpaired) electrons. The zero-order chi connectivity index (χ0) is 9.68. The molecule has 0 unspecified atom stereocenters. The first-order valence-electron chi connectivity index (χ1n) is 4.20. The topological polar surface area (TPSA) is 26.0 Å². The van der Waals surface area contributed by atoms with Crippen LogP contribution in [0.25, 0.3) is 0 Å². The largest absolute Gasteiger partial charge is 0.399 e. The average Bonchev–Trinajstić information content (AvgIpc) is 2.11. The third kappa shape index (κ3) is 3.04. The Hall–Kier alpha value is -1.07. The summed E-state index contributed by atoms with van der Waals surface area (Å²) < 4.78 is 0. The van der Waals surface area contributed by atoms with E-state index < -0.39 is 0 Å². The van der Waals surface area contributed by atoms with Gasteiger partial charge in [-0.3, -0.25) is 0 Å². The van der Waals surface area contributed by atoms with Gasteiger partial charge in [-0.25, -0.2) is 0 Å². The van der Waals surface area contributed by atoms with E-state index in [9.17, 15) is 0 Å². The number of hydrogen-bond acceptors (Lipinski definition) is 2. The number of rotatable bonds is 1. The molecule has 1 rings (SSSR count). The lowest BCUT2D eigenvalue weighted by Gasteiger charge is -1.98. The van der Waals surface area contributed by atoms with Crippen LogP contribution in [0.1, 0.15) is 17.5 Å². The second-order valence-electron chi connectivity index (χ2n) is 2.85. The van der Waals surface area contributed by atoms with Crippen LogP contribution in [0.2, 0.25) is 0 Å². The maximum Gasteiger partial charge on any atom is 0.0326 e. The lowest BCUT2D eigenvalue weighted by molar-refractivity contribution is 1.31. The molecule has 1 aromatic carbocycles. The van der Waals surface area contributed by atoms with Gasteiger partial charge < -0.3 is 5.73 Å². The fourth-order valence-corrected chi connectivity index (χ4v) is 1.10. The zero-order valence-electron chi connectivity index (χ0n) is 7.67. The second kappa shape index (κ2) is 4.84. The van der Waals surface area contributed by atoms with Crippen molar-refractivity contribution in [3.63, 3.8) is 0 Å². The summed E-state index contributed by atoms with van der Waals surface area (Å²) in [5.74, 6) is 6.91. The number of anilines is 1. The molecule has 0 spiro atoms. The summed E-state index contributed by atoms with van der Waals surface area (Å²) in [5.41, 5.74) is 8.60. The standard InChI is InChI=1S/C11H13NS/c1-9-5-6-11(12)8-10(9)4-2-3-7-13/h5-6,8,13H,3,7,12H2,1H3. The number of thiol groups is 1. The van der Waals surface area contributed by atoms with Crippen molar-refractivity contribution in [2.75, 3.05) is 11.5 Å². The predicted molar refractivity (Wildman–Crippen MR) is 60.9 cm³/mol. The summed E-state index contributed by atoms with van der Waals surface area (Å²) >= 11 is 4.09. The van der Waals surface area contributed by atoms with Crippen LogP contribution in [0.4, 0.5) is 5.69 Å². The van der Waals surface area contributed by atoms with Crippen molar-refractivity contribution in [1.82, 2.24) is 0 Å². The summed E-state index contributed by atoms with van der Waals surface area (Å²) in [6.07, 6.45) is 0.817. The lowest BCUT2D eigenvalue weighted by atomic mass is 10.1. The molecule has 2 heteroatoms. The summed E-state index contributed by atoms with van der Waals surface area (Å²) in [7, 11) is 0. The molecule has 0 atom stereocenters. The van der Waals surface area contributed by atoms with E-state index in [1.54, 1.807) is 0 Å². The van der Waals surface area contributed by atoms with Gasteiger partial charge in [-0.1, -0.05) is 17.9 Å². The summed E-state index contributed by atoms with van der Waals surface area (Å²) in [5, 5.41) is 0. The average molecular weight is 191 g/mol. The highest BCUT2D eigenvalue weighted by molar-refractivity contribution is 7.80. The second-order valence-corrected chi connectivity index (χ2v) is 3.30. The molecule has 0 amide bonds. The third-order valence-corrected chi connectivity index (χ3v) is 1.95. The van der Waals surface area contributed by atoms with E-state index in [0.29, 0.717) is 0 Å². The maximum absolute atomic E-state index is 5.65. The van der Waals surface area contributed by atoms with Crippen molar-refractivity contribution in [2.45, 2.75) is 13.3 Å². The Balaban J connectivity index is 2.89. The summed E-state index contributed by atoms with van der Waals surface area (Å²) in [6, 6.07) is 5.78. The Morgan fingerprint density at radius 1 is 1.46 bits per heavy atom. The fourth-order valence-electron chi connectivity index (χ4n) is 0.988. The van der Waals surface area contributed by atoms with E-state index in [1.807, 2.05) is 25.1 Å². The predicted octanol–water partition coefficient (Wildman–Crippen LogP) is 2.25. The first kappa shape index (κ1) is 10.0. The van der Waals surface area contributed by atoms with E-state index in [2.05, 4.69) is 24.5 Å². The number of nitrogen functional groups attached to an aromatic ring is 1. The quantitative estimate of drug-likeness (QED) is 0.397. The molecule has 13 heavy (non-hydrogen) atoms.